The van der Waals surface area contributed by atoms with E-state index < -0.39 is 7.29 Å². The second-order valence-corrected chi connectivity index (χ2v) is 10.7. The average Bonchev–Trinajstić information content (AvgIpc) is 3.33. The first kappa shape index (κ1) is 21.8. The maximum absolute atomic E-state index is 14.5. The summed E-state index contributed by atoms with van der Waals surface area (Å²) in [6.45, 7) is 3.11. The van der Waals surface area contributed by atoms with Crippen LogP contribution < -0.4 is 20.4 Å². The van der Waals surface area contributed by atoms with Crippen molar-refractivity contribution in [2.45, 2.75) is 25.3 Å². The van der Waals surface area contributed by atoms with Crippen molar-refractivity contribution in [3.05, 3.63) is 90.5 Å². The summed E-state index contributed by atoms with van der Waals surface area (Å²) >= 11 is 0. The lowest BCUT2D eigenvalue weighted by Crippen LogP contribution is -2.43. The van der Waals surface area contributed by atoms with Crippen molar-refractivity contribution in [3.63, 3.8) is 0 Å². The summed E-state index contributed by atoms with van der Waals surface area (Å²) in [5.41, 5.74) is 1.21. The molecule has 0 saturated carbocycles. The lowest BCUT2D eigenvalue weighted by molar-refractivity contribution is 0.304. The molecule has 1 saturated heterocycles. The molecule has 0 radical (unpaired) electrons. The Morgan fingerprint density at radius 2 is 1.42 bits per heavy atom. The van der Waals surface area contributed by atoms with Crippen LogP contribution >= 0.6 is 7.29 Å². The first-order valence-electron chi connectivity index (χ1n) is 11.0. The van der Waals surface area contributed by atoms with E-state index in [1.165, 1.54) is 18.4 Å². The highest BCUT2D eigenvalue weighted by Crippen LogP contribution is 2.39. The Morgan fingerprint density at radius 1 is 0.871 bits per heavy atom. The fraction of sp³-hybridized carbons (Fsp3) is 0.308. The lowest BCUT2D eigenvalue weighted by atomic mass is 10.1. The molecule has 0 aliphatic carbocycles. The predicted molar refractivity (Wildman–Crippen MR) is 129 cm³/mol. The van der Waals surface area contributed by atoms with Gasteiger partial charge in [0.2, 0.25) is 7.29 Å². The summed E-state index contributed by atoms with van der Waals surface area (Å²) in [4.78, 5) is 2.49. The van der Waals surface area contributed by atoms with E-state index in [0.29, 0.717) is 0 Å². The highest BCUT2D eigenvalue weighted by molar-refractivity contribution is 7.76. The number of hydrogen-bond donors (Lipinski definition) is 1. The quantitative estimate of drug-likeness (QED) is 0.512. The van der Waals surface area contributed by atoms with Crippen LogP contribution in [0.25, 0.3) is 0 Å². The summed E-state index contributed by atoms with van der Waals surface area (Å²) in [5, 5.41) is 5.35. The summed E-state index contributed by atoms with van der Waals surface area (Å²) in [5.74, 6) is 0.854. The molecule has 5 heteroatoms. The van der Waals surface area contributed by atoms with Crippen LogP contribution in [0.1, 0.15) is 18.4 Å². The summed E-state index contributed by atoms with van der Waals surface area (Å²) in [6.07, 6.45) is 3.29. The molecule has 1 aliphatic rings. The first-order chi connectivity index (χ1) is 15.2. The second-order valence-electron chi connectivity index (χ2n) is 8.17. The molecule has 4 rings (SSSR count). The third kappa shape index (κ3) is 5.46. The molecule has 31 heavy (non-hydrogen) atoms. The number of rotatable bonds is 9. The molecule has 162 valence electrons. The third-order valence-electron chi connectivity index (χ3n) is 5.92. The van der Waals surface area contributed by atoms with E-state index in [4.69, 9.17) is 4.74 Å². The maximum Gasteiger partial charge on any atom is 0.204 e. The predicted octanol–water partition coefficient (Wildman–Crippen LogP) is 4.22. The molecular formula is C26H31N2O2P. The molecule has 0 spiro atoms. The van der Waals surface area contributed by atoms with Gasteiger partial charge >= 0.3 is 0 Å². The van der Waals surface area contributed by atoms with Crippen molar-refractivity contribution in [2.24, 2.45) is 0 Å². The van der Waals surface area contributed by atoms with Gasteiger partial charge in [-0.1, -0.05) is 48.5 Å². The summed E-state index contributed by atoms with van der Waals surface area (Å²) in [7, 11) is -1.31. The van der Waals surface area contributed by atoms with Crippen LogP contribution in [0.15, 0.2) is 84.9 Å². The molecule has 3 aromatic rings. The molecule has 0 amide bonds. The van der Waals surface area contributed by atoms with Crippen LogP contribution in [-0.4, -0.2) is 37.7 Å². The normalized spacial score (nSPS) is 15.6. The van der Waals surface area contributed by atoms with E-state index in [2.05, 4.69) is 22.1 Å². The minimum atomic E-state index is -2.99. The molecule has 0 aromatic heterocycles. The van der Waals surface area contributed by atoms with Crippen LogP contribution in [0.2, 0.25) is 0 Å². The van der Waals surface area contributed by atoms with E-state index in [-0.39, 0.29) is 6.04 Å². The van der Waals surface area contributed by atoms with Crippen molar-refractivity contribution in [2.75, 3.05) is 26.7 Å². The minimum Gasteiger partial charge on any atom is -0.497 e. The average molecular weight is 435 g/mol. The van der Waals surface area contributed by atoms with Crippen molar-refractivity contribution in [3.8, 4) is 5.75 Å². The highest BCUT2D eigenvalue weighted by Gasteiger charge is 2.31. The summed E-state index contributed by atoms with van der Waals surface area (Å²) < 4.78 is 19.9. The molecule has 4 nitrogen and oxygen atoms in total. The molecule has 0 bridgehead atoms. The molecule has 1 fully saturated rings. The number of methoxy groups -OCH3 is 1. The number of hydrogen-bond acceptors (Lipinski definition) is 3. The van der Waals surface area contributed by atoms with E-state index in [0.717, 1.165) is 42.4 Å². The zero-order valence-electron chi connectivity index (χ0n) is 18.1. The Morgan fingerprint density at radius 3 is 1.94 bits per heavy atom. The molecule has 3 aromatic carbocycles. The lowest BCUT2D eigenvalue weighted by Gasteiger charge is -2.30. The number of ether oxygens (including phenoxy) is 1. The Kier molecular flexibility index (Phi) is 7.24. The molecule has 1 N–H and O–H groups in total. The van der Waals surface area contributed by atoms with Crippen LogP contribution in [0.3, 0.4) is 0 Å². The van der Waals surface area contributed by atoms with E-state index in [9.17, 15) is 4.57 Å². The maximum atomic E-state index is 14.5. The Balaban J connectivity index is 1.65. The monoisotopic (exact) mass is 434 g/mol. The van der Waals surface area contributed by atoms with Gasteiger partial charge in [0.25, 0.3) is 0 Å². The van der Waals surface area contributed by atoms with Gasteiger partial charge in [0.1, 0.15) is 5.75 Å². The number of likely N-dealkylation sites (tertiary alicyclic amines) is 1. The zero-order valence-corrected chi connectivity index (χ0v) is 19.0. The van der Waals surface area contributed by atoms with Gasteiger partial charge in [0.15, 0.2) is 0 Å². The standard InChI is InChI=1S/C26H31N2O2P/c1-30-24-16-14-22(15-17-24)20-23(21-28-18-8-9-19-28)27-31(29,25-10-4-2-5-11-25)26-12-6-3-7-13-26/h2-7,10-17,23H,8-9,18-21H2,1H3,(H,27,29)/t23-/m0/s1. The zero-order chi connectivity index (χ0) is 21.5. The van der Waals surface area contributed by atoms with Crippen molar-refractivity contribution in [1.29, 1.82) is 0 Å². The highest BCUT2D eigenvalue weighted by atomic mass is 31.2. The van der Waals surface area contributed by atoms with Crippen LogP contribution in [-0.2, 0) is 11.0 Å². The van der Waals surface area contributed by atoms with Crippen LogP contribution in [0.4, 0.5) is 0 Å². The van der Waals surface area contributed by atoms with Gasteiger partial charge in [-0.3, -0.25) is 9.65 Å². The Bertz CT molecular complexity index is 943. The van der Waals surface area contributed by atoms with Gasteiger partial charge < -0.3 is 9.64 Å². The fourth-order valence-electron chi connectivity index (χ4n) is 4.31. The van der Waals surface area contributed by atoms with Crippen molar-refractivity contribution >= 4 is 17.9 Å². The van der Waals surface area contributed by atoms with Crippen molar-refractivity contribution in [1.82, 2.24) is 9.99 Å². The molecule has 1 aliphatic heterocycles. The summed E-state index contributed by atoms with van der Waals surface area (Å²) in [6, 6.07) is 28.0. The molecule has 1 atom stereocenters. The smallest absolute Gasteiger partial charge is 0.204 e. The largest absolute Gasteiger partial charge is 0.497 e. The second kappa shape index (κ2) is 10.3. The number of nitrogens with one attached hydrogen (secondary N) is 1. The number of benzene rings is 3. The van der Waals surface area contributed by atoms with Gasteiger partial charge in [0, 0.05) is 23.2 Å². The van der Waals surface area contributed by atoms with E-state index in [1.54, 1.807) is 7.11 Å². The van der Waals surface area contributed by atoms with E-state index in [1.807, 2.05) is 72.8 Å². The van der Waals surface area contributed by atoms with Gasteiger partial charge in [-0.05, 0) is 74.3 Å². The SMILES string of the molecule is COc1ccc(C[C@@H](CN2CCCC2)NP(=O)(c2ccccc2)c2ccccc2)cc1. The Hall–Kier alpha value is -2.39. The van der Waals surface area contributed by atoms with Gasteiger partial charge in [-0.2, -0.15) is 0 Å². The fourth-order valence-corrected chi connectivity index (χ4v) is 6.77. The third-order valence-corrected chi connectivity index (χ3v) is 8.70. The topological polar surface area (TPSA) is 41.6 Å². The molecular weight excluding hydrogens is 403 g/mol. The Labute approximate surface area is 185 Å². The van der Waals surface area contributed by atoms with Gasteiger partial charge in [-0.25, -0.2) is 0 Å². The van der Waals surface area contributed by atoms with Gasteiger partial charge in [0.05, 0.1) is 7.11 Å². The number of nitrogens with zero attached hydrogens (tertiary/aromatic N) is 1. The molecule has 0 unspecified atom stereocenters. The minimum absolute atomic E-state index is 0.0674. The van der Waals surface area contributed by atoms with Crippen LogP contribution in [0.5, 0.6) is 5.75 Å². The van der Waals surface area contributed by atoms with Gasteiger partial charge in [-0.15, -0.1) is 0 Å². The van der Waals surface area contributed by atoms with Crippen LogP contribution in [0, 0.1) is 0 Å². The van der Waals surface area contributed by atoms with Crippen molar-refractivity contribution < 1.29 is 9.30 Å². The van der Waals surface area contributed by atoms with E-state index >= 15 is 0 Å². The molecule has 1 heterocycles. The first-order valence-corrected chi connectivity index (χ1v) is 12.7.